The third-order valence-electron chi connectivity index (χ3n) is 3.69. The van der Waals surface area contributed by atoms with Crippen LogP contribution in [0.2, 0.25) is 5.02 Å². The van der Waals surface area contributed by atoms with Gasteiger partial charge in [-0.3, -0.25) is 4.79 Å². The second kappa shape index (κ2) is 6.36. The molecule has 0 aliphatic carbocycles. The largest absolute Gasteiger partial charge is 0.480 e. The Balaban J connectivity index is 2.33. The van der Waals surface area contributed by atoms with Crippen molar-refractivity contribution in [2.24, 2.45) is 5.92 Å². The Morgan fingerprint density at radius 1 is 1.45 bits per heavy atom. The van der Waals surface area contributed by atoms with Gasteiger partial charge in [-0.05, 0) is 24.1 Å². The number of amides is 1. The molecule has 3 N–H and O–H groups in total. The molecule has 0 bridgehead atoms. The van der Waals surface area contributed by atoms with E-state index in [9.17, 15) is 19.1 Å². The summed E-state index contributed by atoms with van der Waals surface area (Å²) < 4.78 is 13.2. The van der Waals surface area contributed by atoms with Crippen LogP contribution in [0, 0.1) is 11.7 Å². The fraction of sp³-hybridized carbons (Fsp3) is 0.333. The molecule has 2 atom stereocenters. The summed E-state index contributed by atoms with van der Waals surface area (Å²) in [5.41, 5.74) is 0.531. The highest BCUT2D eigenvalue weighted by Gasteiger charge is 2.27. The Bertz CT molecular complexity index is 729. The second-order valence-electron chi connectivity index (χ2n) is 5.18. The van der Waals surface area contributed by atoms with E-state index in [-0.39, 0.29) is 16.6 Å². The summed E-state index contributed by atoms with van der Waals surface area (Å²) in [4.78, 5) is 26.3. The van der Waals surface area contributed by atoms with E-state index >= 15 is 0 Å². The van der Waals surface area contributed by atoms with Crippen LogP contribution in [0.1, 0.15) is 30.8 Å². The van der Waals surface area contributed by atoms with Crippen molar-refractivity contribution in [1.82, 2.24) is 10.3 Å². The van der Waals surface area contributed by atoms with E-state index in [0.717, 1.165) is 0 Å². The van der Waals surface area contributed by atoms with Crippen molar-refractivity contribution in [1.29, 1.82) is 0 Å². The molecule has 118 valence electrons. The maximum Gasteiger partial charge on any atom is 0.326 e. The van der Waals surface area contributed by atoms with Gasteiger partial charge in [0, 0.05) is 10.9 Å². The van der Waals surface area contributed by atoms with E-state index in [0.29, 0.717) is 17.3 Å². The van der Waals surface area contributed by atoms with E-state index < -0.39 is 23.7 Å². The van der Waals surface area contributed by atoms with Crippen molar-refractivity contribution < 1.29 is 19.1 Å². The number of nitrogens with one attached hydrogen (secondary N) is 2. The first-order valence-corrected chi connectivity index (χ1v) is 7.23. The van der Waals surface area contributed by atoms with Crippen LogP contribution >= 0.6 is 11.6 Å². The smallest absolute Gasteiger partial charge is 0.326 e. The van der Waals surface area contributed by atoms with Gasteiger partial charge in [-0.2, -0.15) is 0 Å². The van der Waals surface area contributed by atoms with E-state index in [1.807, 2.05) is 6.92 Å². The van der Waals surface area contributed by atoms with Gasteiger partial charge in [-0.25, -0.2) is 9.18 Å². The number of halogens is 2. The van der Waals surface area contributed by atoms with Crippen LogP contribution in [-0.4, -0.2) is 28.0 Å². The predicted molar refractivity (Wildman–Crippen MR) is 81.6 cm³/mol. The highest BCUT2D eigenvalue weighted by molar-refractivity contribution is 6.38. The molecule has 1 heterocycles. The molecule has 2 rings (SSSR count). The Morgan fingerprint density at radius 2 is 2.14 bits per heavy atom. The molecule has 1 amide bonds. The number of aromatic amines is 1. The molecule has 0 saturated carbocycles. The van der Waals surface area contributed by atoms with E-state index in [1.54, 1.807) is 6.92 Å². The number of aromatic nitrogens is 1. The highest BCUT2D eigenvalue weighted by Crippen LogP contribution is 2.28. The molecule has 1 aromatic carbocycles. The zero-order valence-electron chi connectivity index (χ0n) is 12.1. The number of fused-ring (bicyclic) bond motifs is 1. The van der Waals surface area contributed by atoms with E-state index in [4.69, 9.17) is 11.6 Å². The van der Waals surface area contributed by atoms with Gasteiger partial charge < -0.3 is 15.4 Å². The monoisotopic (exact) mass is 326 g/mol. The molecule has 0 radical (unpaired) electrons. The lowest BCUT2D eigenvalue weighted by molar-refractivity contribution is -0.140. The number of carboxylic acids is 1. The van der Waals surface area contributed by atoms with Crippen LogP contribution < -0.4 is 5.32 Å². The average molecular weight is 327 g/mol. The number of carbonyl (C=O) groups is 2. The van der Waals surface area contributed by atoms with Gasteiger partial charge in [-0.15, -0.1) is 0 Å². The quantitative estimate of drug-likeness (QED) is 0.789. The number of rotatable bonds is 5. The number of aliphatic carboxylic acids is 1. The minimum Gasteiger partial charge on any atom is -0.480 e. The lowest BCUT2D eigenvalue weighted by Crippen LogP contribution is -2.45. The van der Waals surface area contributed by atoms with Gasteiger partial charge >= 0.3 is 5.97 Å². The predicted octanol–water partition coefficient (Wildman–Crippen LogP) is 3.19. The molecule has 0 aliphatic rings. The SMILES string of the molecule is CCC(C)C(NC(=O)c1[nH]c2ccc(F)cc2c1Cl)C(=O)O. The summed E-state index contributed by atoms with van der Waals surface area (Å²) >= 11 is 6.09. The molecule has 0 saturated heterocycles. The van der Waals surface area contributed by atoms with Crippen LogP contribution in [0.15, 0.2) is 18.2 Å². The van der Waals surface area contributed by atoms with E-state index in [2.05, 4.69) is 10.3 Å². The summed E-state index contributed by atoms with van der Waals surface area (Å²) in [6, 6.07) is 2.91. The van der Waals surface area contributed by atoms with Crippen molar-refractivity contribution in [3.8, 4) is 0 Å². The highest BCUT2D eigenvalue weighted by atomic mass is 35.5. The summed E-state index contributed by atoms with van der Waals surface area (Å²) in [5.74, 6) is -2.44. The van der Waals surface area contributed by atoms with Crippen LogP contribution in [0.3, 0.4) is 0 Å². The Morgan fingerprint density at radius 3 is 2.73 bits per heavy atom. The van der Waals surface area contributed by atoms with Crippen molar-refractivity contribution in [2.75, 3.05) is 0 Å². The summed E-state index contributed by atoms with van der Waals surface area (Å²) in [5, 5.41) is 12.1. The van der Waals surface area contributed by atoms with Crippen molar-refractivity contribution in [3.05, 3.63) is 34.7 Å². The maximum absolute atomic E-state index is 13.2. The second-order valence-corrected chi connectivity index (χ2v) is 5.56. The number of benzene rings is 1. The zero-order valence-corrected chi connectivity index (χ0v) is 12.9. The minimum absolute atomic E-state index is 0.0248. The lowest BCUT2D eigenvalue weighted by Gasteiger charge is -2.19. The molecule has 22 heavy (non-hydrogen) atoms. The van der Waals surface area contributed by atoms with Crippen molar-refractivity contribution in [2.45, 2.75) is 26.3 Å². The molecular formula is C15H16ClFN2O3. The Hall–Kier alpha value is -2.08. The van der Waals surface area contributed by atoms with Crippen LogP contribution in [-0.2, 0) is 4.79 Å². The van der Waals surface area contributed by atoms with Gasteiger partial charge in [-0.1, -0.05) is 31.9 Å². The Labute approximate surface area is 131 Å². The molecule has 0 fully saturated rings. The number of carboxylic acid groups (broad SMARTS) is 1. The maximum atomic E-state index is 13.2. The molecule has 0 spiro atoms. The lowest BCUT2D eigenvalue weighted by atomic mass is 9.99. The van der Waals surface area contributed by atoms with Gasteiger partial charge in [0.2, 0.25) is 0 Å². The molecule has 2 aromatic rings. The molecule has 7 heteroatoms. The number of hydrogen-bond acceptors (Lipinski definition) is 2. The van der Waals surface area contributed by atoms with Gasteiger partial charge in [0.05, 0.1) is 5.02 Å². The van der Waals surface area contributed by atoms with Crippen molar-refractivity contribution >= 4 is 34.4 Å². The minimum atomic E-state index is -1.11. The first kappa shape index (κ1) is 16.3. The molecule has 2 unspecified atom stereocenters. The van der Waals surface area contributed by atoms with Crippen LogP contribution in [0.5, 0.6) is 0 Å². The van der Waals surface area contributed by atoms with E-state index in [1.165, 1.54) is 18.2 Å². The van der Waals surface area contributed by atoms with Gasteiger partial charge in [0.25, 0.3) is 5.91 Å². The van der Waals surface area contributed by atoms with Crippen LogP contribution in [0.4, 0.5) is 4.39 Å². The molecule has 1 aromatic heterocycles. The Kier molecular flexibility index (Phi) is 4.71. The fourth-order valence-corrected chi connectivity index (χ4v) is 2.47. The number of hydrogen-bond donors (Lipinski definition) is 3. The molecular weight excluding hydrogens is 311 g/mol. The summed E-state index contributed by atoms with van der Waals surface area (Å²) in [6.45, 7) is 3.58. The first-order chi connectivity index (χ1) is 10.3. The zero-order chi connectivity index (χ0) is 16.4. The first-order valence-electron chi connectivity index (χ1n) is 6.85. The summed E-state index contributed by atoms with van der Waals surface area (Å²) in [6.07, 6.45) is 0.600. The number of carbonyl (C=O) groups excluding carboxylic acids is 1. The standard InChI is InChI=1S/C15H16ClFN2O3/c1-3-7(2)12(15(21)22)19-14(20)13-11(16)9-6-8(17)4-5-10(9)18-13/h4-7,12,18H,3H2,1-2H3,(H,19,20)(H,21,22). The fourth-order valence-electron chi connectivity index (χ4n) is 2.18. The third kappa shape index (κ3) is 3.06. The van der Waals surface area contributed by atoms with Crippen LogP contribution in [0.25, 0.3) is 10.9 Å². The van der Waals surface area contributed by atoms with Crippen molar-refractivity contribution in [3.63, 3.8) is 0 Å². The van der Waals surface area contributed by atoms with Gasteiger partial charge in [0.1, 0.15) is 17.6 Å². The topological polar surface area (TPSA) is 82.2 Å². The van der Waals surface area contributed by atoms with Gasteiger partial charge in [0.15, 0.2) is 0 Å². The average Bonchev–Trinajstić information content (AvgIpc) is 2.80. The third-order valence-corrected chi connectivity index (χ3v) is 4.08. The molecule has 0 aliphatic heterocycles. The molecule has 5 nitrogen and oxygen atoms in total. The number of H-pyrrole nitrogens is 1. The summed E-state index contributed by atoms with van der Waals surface area (Å²) in [7, 11) is 0. The normalized spacial score (nSPS) is 13.8.